The first-order chi connectivity index (χ1) is 21.3. The van der Waals surface area contributed by atoms with Crippen LogP contribution in [-0.4, -0.2) is 14.5 Å². The summed E-state index contributed by atoms with van der Waals surface area (Å²) in [6, 6.07) is 39.0. The SMILES string of the molecule is C1=CC(c2cc(-c3ccccc3)nc(C3=CCCC=C3)n2)CC(c2ccc(-n3c4ccccc4c4ccccc43)cc2)=C1. The number of para-hydroxylation sites is 2. The smallest absolute Gasteiger partial charge is 0.159 e. The average Bonchev–Trinajstić information content (AvgIpc) is 3.43. The standard InChI is InChI=1S/C40H31N3/c1-3-12-29(13-4-1)36-27-37(42-40(41-36)30-14-5-2-6-15-30)32-17-11-16-31(26-32)28-22-24-33(25-23-28)43-38-20-9-7-18-34(38)35-19-8-10-21-39(35)43/h1,3-5,7-25,27,32H,2,6,26H2. The molecule has 1 atom stereocenters. The maximum absolute atomic E-state index is 5.13. The Morgan fingerprint density at radius 1 is 0.674 bits per heavy atom. The Bertz CT molecular complexity index is 2040. The lowest BCUT2D eigenvalue weighted by Gasteiger charge is -2.20. The molecule has 6 aromatic rings. The Kier molecular flexibility index (Phi) is 6.42. The molecule has 0 aliphatic heterocycles. The summed E-state index contributed by atoms with van der Waals surface area (Å²) in [4.78, 5) is 10.1. The van der Waals surface area contributed by atoms with Crippen molar-refractivity contribution in [3.8, 4) is 16.9 Å². The number of hydrogen-bond donors (Lipinski definition) is 0. The van der Waals surface area contributed by atoms with Gasteiger partial charge >= 0.3 is 0 Å². The zero-order valence-corrected chi connectivity index (χ0v) is 23.9. The fourth-order valence-corrected chi connectivity index (χ4v) is 6.44. The highest BCUT2D eigenvalue weighted by atomic mass is 15.0. The van der Waals surface area contributed by atoms with Gasteiger partial charge in [0.05, 0.1) is 22.4 Å². The van der Waals surface area contributed by atoms with Crippen molar-refractivity contribution in [2.24, 2.45) is 0 Å². The van der Waals surface area contributed by atoms with Gasteiger partial charge in [0.1, 0.15) is 0 Å². The van der Waals surface area contributed by atoms with Gasteiger partial charge in [0.25, 0.3) is 0 Å². The Morgan fingerprint density at radius 2 is 1.40 bits per heavy atom. The van der Waals surface area contributed by atoms with Crippen LogP contribution in [0.3, 0.4) is 0 Å². The van der Waals surface area contributed by atoms with Gasteiger partial charge in [-0.2, -0.15) is 0 Å². The third-order valence-electron chi connectivity index (χ3n) is 8.61. The molecule has 2 aromatic heterocycles. The zero-order valence-electron chi connectivity index (χ0n) is 23.9. The maximum Gasteiger partial charge on any atom is 0.159 e. The predicted molar refractivity (Wildman–Crippen MR) is 179 cm³/mol. The van der Waals surface area contributed by atoms with Crippen LogP contribution >= 0.6 is 0 Å². The van der Waals surface area contributed by atoms with Gasteiger partial charge in [-0.05, 0) is 60.7 Å². The van der Waals surface area contributed by atoms with E-state index in [0.29, 0.717) is 0 Å². The third-order valence-corrected chi connectivity index (χ3v) is 8.61. The second kappa shape index (κ2) is 10.8. The van der Waals surface area contributed by atoms with Gasteiger partial charge in [0, 0.05) is 33.5 Å². The predicted octanol–water partition coefficient (Wildman–Crippen LogP) is 10.1. The van der Waals surface area contributed by atoms with Gasteiger partial charge in [-0.15, -0.1) is 0 Å². The Morgan fingerprint density at radius 3 is 2.12 bits per heavy atom. The van der Waals surface area contributed by atoms with Crippen LogP contribution in [0.5, 0.6) is 0 Å². The van der Waals surface area contributed by atoms with Gasteiger partial charge in [-0.1, -0.05) is 115 Å². The molecule has 0 fully saturated rings. The molecule has 0 radical (unpaired) electrons. The Hall–Kier alpha value is -5.28. The van der Waals surface area contributed by atoms with Crippen LogP contribution in [0.1, 0.15) is 42.3 Å². The molecule has 0 saturated heterocycles. The summed E-state index contributed by atoms with van der Waals surface area (Å²) in [6.45, 7) is 0. The van der Waals surface area contributed by atoms with Gasteiger partial charge in [-0.25, -0.2) is 9.97 Å². The third kappa shape index (κ3) is 4.73. The van der Waals surface area contributed by atoms with E-state index in [-0.39, 0.29) is 5.92 Å². The molecule has 2 aliphatic carbocycles. The molecule has 0 saturated carbocycles. The number of aromatic nitrogens is 3. The molecule has 8 rings (SSSR count). The lowest BCUT2D eigenvalue weighted by Crippen LogP contribution is -2.07. The highest BCUT2D eigenvalue weighted by molar-refractivity contribution is 6.09. The van der Waals surface area contributed by atoms with Crippen LogP contribution in [0.25, 0.3) is 49.9 Å². The molecule has 0 amide bonds. The highest BCUT2D eigenvalue weighted by Crippen LogP contribution is 2.36. The molecule has 0 spiro atoms. The first-order valence-electron chi connectivity index (χ1n) is 15.1. The normalized spacial score (nSPS) is 16.4. The molecular weight excluding hydrogens is 522 g/mol. The van der Waals surface area contributed by atoms with Crippen molar-refractivity contribution in [3.63, 3.8) is 0 Å². The number of rotatable bonds is 5. The summed E-state index contributed by atoms with van der Waals surface area (Å²) in [6.07, 6.45) is 16.4. The van der Waals surface area contributed by atoms with Gasteiger partial charge in [0.15, 0.2) is 5.82 Å². The molecule has 0 bridgehead atoms. The van der Waals surface area contributed by atoms with Crippen molar-refractivity contribution < 1.29 is 0 Å². The van der Waals surface area contributed by atoms with Crippen LogP contribution in [-0.2, 0) is 0 Å². The minimum atomic E-state index is 0.175. The molecule has 0 N–H and O–H groups in total. The van der Waals surface area contributed by atoms with Crippen molar-refractivity contribution in [2.75, 3.05) is 0 Å². The van der Waals surface area contributed by atoms with E-state index in [1.165, 1.54) is 38.6 Å². The van der Waals surface area contributed by atoms with E-state index in [2.05, 4.69) is 144 Å². The molecule has 2 heterocycles. The van der Waals surface area contributed by atoms with E-state index in [1.54, 1.807) is 0 Å². The number of nitrogens with zero attached hydrogens (tertiary/aromatic N) is 3. The molecule has 206 valence electrons. The van der Waals surface area contributed by atoms with Crippen molar-refractivity contribution in [2.45, 2.75) is 25.2 Å². The van der Waals surface area contributed by atoms with E-state index < -0.39 is 0 Å². The number of fused-ring (bicyclic) bond motifs is 3. The maximum atomic E-state index is 5.13. The summed E-state index contributed by atoms with van der Waals surface area (Å²) in [5, 5.41) is 2.56. The molecule has 3 heteroatoms. The minimum Gasteiger partial charge on any atom is -0.309 e. The topological polar surface area (TPSA) is 30.7 Å². The highest BCUT2D eigenvalue weighted by Gasteiger charge is 2.20. The second-order valence-electron chi connectivity index (χ2n) is 11.3. The Labute approximate surface area is 251 Å². The monoisotopic (exact) mass is 553 g/mol. The lowest BCUT2D eigenvalue weighted by molar-refractivity contribution is 0.815. The van der Waals surface area contributed by atoms with Crippen LogP contribution in [0.4, 0.5) is 0 Å². The van der Waals surface area contributed by atoms with Gasteiger partial charge < -0.3 is 4.57 Å². The van der Waals surface area contributed by atoms with Crippen LogP contribution in [0, 0.1) is 0 Å². The van der Waals surface area contributed by atoms with E-state index in [0.717, 1.165) is 47.6 Å². The summed E-state index contributed by atoms with van der Waals surface area (Å²) >= 11 is 0. The van der Waals surface area contributed by atoms with E-state index in [9.17, 15) is 0 Å². The van der Waals surface area contributed by atoms with E-state index in [4.69, 9.17) is 9.97 Å². The second-order valence-corrected chi connectivity index (χ2v) is 11.3. The summed E-state index contributed by atoms with van der Waals surface area (Å²) < 4.78 is 2.37. The molecule has 3 nitrogen and oxygen atoms in total. The molecule has 43 heavy (non-hydrogen) atoms. The van der Waals surface area contributed by atoms with Crippen LogP contribution in [0.2, 0.25) is 0 Å². The van der Waals surface area contributed by atoms with Crippen molar-refractivity contribution in [1.82, 2.24) is 14.5 Å². The van der Waals surface area contributed by atoms with Crippen molar-refractivity contribution >= 4 is 33.0 Å². The van der Waals surface area contributed by atoms with E-state index in [1.807, 2.05) is 6.07 Å². The number of hydrogen-bond acceptors (Lipinski definition) is 2. The molecular formula is C40H31N3. The minimum absolute atomic E-state index is 0.175. The fraction of sp³-hybridized carbons (Fsp3) is 0.100. The van der Waals surface area contributed by atoms with E-state index >= 15 is 0 Å². The van der Waals surface area contributed by atoms with Gasteiger partial charge in [0.2, 0.25) is 0 Å². The first-order valence-corrected chi connectivity index (χ1v) is 15.1. The van der Waals surface area contributed by atoms with Crippen LogP contribution < -0.4 is 0 Å². The number of benzene rings is 4. The zero-order chi connectivity index (χ0) is 28.6. The van der Waals surface area contributed by atoms with Crippen LogP contribution in [0.15, 0.2) is 146 Å². The van der Waals surface area contributed by atoms with Crippen molar-refractivity contribution in [1.29, 1.82) is 0 Å². The number of allylic oxidation sites excluding steroid dienone is 8. The molecule has 2 aliphatic rings. The lowest BCUT2D eigenvalue weighted by atomic mass is 9.87. The summed E-state index contributed by atoms with van der Waals surface area (Å²) in [5.74, 6) is 0.988. The largest absolute Gasteiger partial charge is 0.309 e. The fourth-order valence-electron chi connectivity index (χ4n) is 6.44. The summed E-state index contributed by atoms with van der Waals surface area (Å²) in [5.41, 5.74) is 10.5. The summed E-state index contributed by atoms with van der Waals surface area (Å²) in [7, 11) is 0. The van der Waals surface area contributed by atoms with Gasteiger partial charge in [-0.3, -0.25) is 0 Å². The molecule has 1 unspecified atom stereocenters. The molecule has 4 aromatic carbocycles. The average molecular weight is 554 g/mol. The first kappa shape index (κ1) is 25.4. The quantitative estimate of drug-likeness (QED) is 0.213. The van der Waals surface area contributed by atoms with Crippen molar-refractivity contribution in [3.05, 3.63) is 163 Å². The Balaban J connectivity index is 1.12.